The number of nitrogens with one attached hydrogen (secondary N) is 1. The number of aromatic nitrogens is 3. The third-order valence-corrected chi connectivity index (χ3v) is 4.63. The highest BCUT2D eigenvalue weighted by Gasteiger charge is 2.17. The average Bonchev–Trinajstić information content (AvgIpc) is 3.25. The highest BCUT2D eigenvalue weighted by molar-refractivity contribution is 5.99. The molecule has 0 saturated carbocycles. The minimum absolute atomic E-state index is 0.0336. The van der Waals surface area contributed by atoms with Gasteiger partial charge in [0.2, 0.25) is 0 Å². The van der Waals surface area contributed by atoms with E-state index in [0.29, 0.717) is 18.0 Å². The first-order valence-electron chi connectivity index (χ1n) is 8.51. The van der Waals surface area contributed by atoms with Gasteiger partial charge in [0.1, 0.15) is 5.65 Å². The van der Waals surface area contributed by atoms with E-state index in [4.69, 9.17) is 14.6 Å². The summed E-state index contributed by atoms with van der Waals surface area (Å²) in [7, 11) is 3.18. The number of H-pyrrole nitrogens is 1. The maximum absolute atomic E-state index is 11.1. The van der Waals surface area contributed by atoms with E-state index in [1.54, 1.807) is 20.4 Å². The van der Waals surface area contributed by atoms with Crippen LogP contribution in [-0.4, -0.2) is 39.8 Å². The molecule has 0 aliphatic heterocycles. The van der Waals surface area contributed by atoms with Crippen LogP contribution in [0.2, 0.25) is 0 Å². The van der Waals surface area contributed by atoms with Crippen LogP contribution in [0.5, 0.6) is 11.5 Å². The lowest BCUT2D eigenvalue weighted by molar-refractivity contribution is -0.137. The maximum atomic E-state index is 11.1. The van der Waals surface area contributed by atoms with Gasteiger partial charge in [-0.1, -0.05) is 0 Å². The minimum atomic E-state index is -0.839. The molecule has 7 nitrogen and oxygen atoms in total. The van der Waals surface area contributed by atoms with Gasteiger partial charge in [-0.3, -0.25) is 4.79 Å². The highest BCUT2D eigenvalue weighted by atomic mass is 16.5. The smallest absolute Gasteiger partial charge is 0.305 e. The lowest BCUT2D eigenvalue weighted by atomic mass is 10.1. The molecule has 0 unspecified atom stereocenters. The number of hydrogen-bond acceptors (Lipinski definition) is 4. The lowest BCUT2D eigenvalue weighted by Crippen LogP contribution is -2.03. The molecule has 27 heavy (non-hydrogen) atoms. The number of aliphatic carboxylic acids is 1. The number of pyridine rings is 1. The van der Waals surface area contributed by atoms with Gasteiger partial charge in [0.15, 0.2) is 11.5 Å². The van der Waals surface area contributed by atoms with Crippen molar-refractivity contribution < 1.29 is 19.4 Å². The first kappa shape index (κ1) is 17.0. The Bertz CT molecular complexity index is 1110. The van der Waals surface area contributed by atoms with E-state index in [1.165, 1.54) is 0 Å². The van der Waals surface area contributed by atoms with Crippen LogP contribution in [0.15, 0.2) is 42.7 Å². The number of methoxy groups -OCH3 is 2. The quantitative estimate of drug-likeness (QED) is 0.544. The molecule has 4 rings (SSSR count). The van der Waals surface area contributed by atoms with E-state index in [9.17, 15) is 4.79 Å². The molecule has 138 valence electrons. The second-order valence-corrected chi connectivity index (χ2v) is 6.23. The second kappa shape index (κ2) is 6.68. The number of fused-ring (bicyclic) bond motifs is 2. The molecule has 0 aliphatic rings. The summed E-state index contributed by atoms with van der Waals surface area (Å²) in [5, 5.41) is 11.0. The van der Waals surface area contributed by atoms with Crippen molar-refractivity contribution in [3.63, 3.8) is 0 Å². The number of aromatic amines is 1. The van der Waals surface area contributed by atoms with E-state index >= 15 is 0 Å². The number of carboxylic acid groups (broad SMARTS) is 1. The molecule has 2 N–H and O–H groups in total. The maximum Gasteiger partial charge on any atom is 0.305 e. The third kappa shape index (κ3) is 2.97. The van der Waals surface area contributed by atoms with Crippen LogP contribution < -0.4 is 9.47 Å². The Labute approximate surface area is 155 Å². The molecule has 0 atom stereocenters. The van der Waals surface area contributed by atoms with E-state index in [2.05, 4.69) is 9.97 Å². The van der Waals surface area contributed by atoms with Crippen molar-refractivity contribution in [1.82, 2.24) is 14.5 Å². The molecule has 0 bridgehead atoms. The first-order valence-corrected chi connectivity index (χ1v) is 8.51. The monoisotopic (exact) mass is 365 g/mol. The van der Waals surface area contributed by atoms with Crippen molar-refractivity contribution in [1.29, 1.82) is 0 Å². The van der Waals surface area contributed by atoms with Crippen LogP contribution in [-0.2, 0) is 11.3 Å². The van der Waals surface area contributed by atoms with Gasteiger partial charge >= 0.3 is 5.97 Å². The first-order chi connectivity index (χ1) is 13.1. The molecule has 0 fully saturated rings. The van der Waals surface area contributed by atoms with Gasteiger partial charge in [0.05, 0.1) is 26.2 Å². The number of benzene rings is 1. The van der Waals surface area contributed by atoms with E-state index in [-0.39, 0.29) is 6.42 Å². The predicted molar refractivity (Wildman–Crippen MR) is 102 cm³/mol. The summed E-state index contributed by atoms with van der Waals surface area (Å²) in [6.07, 6.45) is 3.73. The van der Waals surface area contributed by atoms with Gasteiger partial charge in [-0.2, -0.15) is 0 Å². The SMILES string of the molecule is COc1cc2c(-c3cc4cccnc4[nH]3)cn(CCC(=O)O)c2cc1OC. The van der Waals surface area contributed by atoms with Gasteiger partial charge in [0.25, 0.3) is 0 Å². The molecular weight excluding hydrogens is 346 g/mol. The number of carbonyl (C=O) groups is 1. The standard InChI is InChI=1S/C20H19N3O4/c1-26-17-9-13-14(15-8-12-4-3-6-21-20(12)22-15)11-23(7-5-19(24)25)16(13)10-18(17)27-2/h3-4,6,8-11H,5,7H2,1-2H3,(H,21,22)(H,24,25). The Kier molecular flexibility index (Phi) is 4.19. The van der Waals surface area contributed by atoms with Gasteiger partial charge < -0.3 is 24.1 Å². The van der Waals surface area contributed by atoms with E-state index in [0.717, 1.165) is 33.2 Å². The fourth-order valence-electron chi connectivity index (χ4n) is 3.34. The molecule has 0 spiro atoms. The number of aryl methyl sites for hydroxylation is 1. The summed E-state index contributed by atoms with van der Waals surface area (Å²) >= 11 is 0. The lowest BCUT2D eigenvalue weighted by Gasteiger charge is -2.09. The topological polar surface area (TPSA) is 89.4 Å². The minimum Gasteiger partial charge on any atom is -0.493 e. The summed E-state index contributed by atoms with van der Waals surface area (Å²) < 4.78 is 12.8. The predicted octanol–water partition coefficient (Wildman–Crippen LogP) is 3.68. The van der Waals surface area contributed by atoms with Gasteiger partial charge in [0, 0.05) is 47.0 Å². The molecule has 4 aromatic rings. The number of nitrogens with zero attached hydrogens (tertiary/aromatic N) is 2. The van der Waals surface area contributed by atoms with Crippen LogP contribution in [0, 0.1) is 0 Å². The molecule has 3 heterocycles. The number of hydrogen-bond donors (Lipinski definition) is 2. The zero-order valence-electron chi connectivity index (χ0n) is 15.0. The Balaban J connectivity index is 1.94. The fourth-order valence-corrected chi connectivity index (χ4v) is 3.34. The number of rotatable bonds is 6. The Morgan fingerprint density at radius 3 is 2.70 bits per heavy atom. The summed E-state index contributed by atoms with van der Waals surface area (Å²) in [5.74, 6) is 0.384. The third-order valence-electron chi connectivity index (χ3n) is 4.63. The Morgan fingerprint density at radius 1 is 1.22 bits per heavy atom. The summed E-state index contributed by atoms with van der Waals surface area (Å²) in [6.45, 7) is 0.361. The van der Waals surface area contributed by atoms with Crippen LogP contribution in [0.1, 0.15) is 6.42 Å². The molecular formula is C20H19N3O4. The summed E-state index contributed by atoms with van der Waals surface area (Å²) in [5.41, 5.74) is 3.55. The molecule has 1 aromatic carbocycles. The van der Waals surface area contributed by atoms with Crippen LogP contribution in [0.25, 0.3) is 33.2 Å². The van der Waals surface area contributed by atoms with Gasteiger partial charge in [-0.15, -0.1) is 0 Å². The molecule has 0 saturated heterocycles. The Morgan fingerprint density at radius 2 is 2.00 bits per heavy atom. The fraction of sp³-hybridized carbons (Fsp3) is 0.200. The normalized spacial score (nSPS) is 11.2. The molecule has 0 amide bonds. The summed E-state index contributed by atoms with van der Waals surface area (Å²) in [4.78, 5) is 18.7. The van der Waals surface area contributed by atoms with Crippen LogP contribution in [0.3, 0.4) is 0 Å². The van der Waals surface area contributed by atoms with Crippen LogP contribution >= 0.6 is 0 Å². The van der Waals surface area contributed by atoms with Crippen molar-refractivity contribution in [2.45, 2.75) is 13.0 Å². The summed E-state index contributed by atoms with van der Waals surface area (Å²) in [6, 6.07) is 9.72. The Hall–Kier alpha value is -3.48. The second-order valence-electron chi connectivity index (χ2n) is 6.23. The van der Waals surface area contributed by atoms with E-state index < -0.39 is 5.97 Å². The molecule has 0 aliphatic carbocycles. The van der Waals surface area contributed by atoms with Crippen molar-refractivity contribution in [2.24, 2.45) is 0 Å². The van der Waals surface area contributed by atoms with Gasteiger partial charge in [-0.05, 0) is 24.3 Å². The highest BCUT2D eigenvalue weighted by Crippen LogP contribution is 2.38. The van der Waals surface area contributed by atoms with Crippen LogP contribution in [0.4, 0.5) is 0 Å². The molecule has 3 aromatic heterocycles. The zero-order valence-corrected chi connectivity index (χ0v) is 15.0. The zero-order chi connectivity index (χ0) is 19.0. The molecule has 7 heteroatoms. The van der Waals surface area contributed by atoms with Crippen molar-refractivity contribution in [3.8, 4) is 22.8 Å². The van der Waals surface area contributed by atoms with Crippen molar-refractivity contribution in [2.75, 3.05) is 14.2 Å². The number of ether oxygens (including phenoxy) is 2. The average molecular weight is 365 g/mol. The van der Waals surface area contributed by atoms with Crippen molar-refractivity contribution in [3.05, 3.63) is 42.7 Å². The van der Waals surface area contributed by atoms with E-state index in [1.807, 2.05) is 41.1 Å². The van der Waals surface area contributed by atoms with Crippen molar-refractivity contribution >= 4 is 27.9 Å². The molecule has 0 radical (unpaired) electrons. The van der Waals surface area contributed by atoms with Gasteiger partial charge in [-0.25, -0.2) is 4.98 Å². The number of carboxylic acids is 1. The largest absolute Gasteiger partial charge is 0.493 e.